The molecule has 0 radical (unpaired) electrons. The molecule has 1 rings (SSSR count). The second kappa shape index (κ2) is 24.0. The molecule has 0 aromatic carbocycles. The van der Waals surface area contributed by atoms with Crippen LogP contribution < -0.4 is 10.6 Å². The van der Waals surface area contributed by atoms with Crippen molar-refractivity contribution < 1.29 is 58.0 Å². The lowest BCUT2D eigenvalue weighted by molar-refractivity contribution is -0.158. The molecule has 0 spiro atoms. The van der Waals surface area contributed by atoms with E-state index in [1.54, 1.807) is 62.3 Å². The predicted molar refractivity (Wildman–Crippen MR) is 207 cm³/mol. The van der Waals surface area contributed by atoms with Crippen LogP contribution in [-0.2, 0) is 47.8 Å². The van der Waals surface area contributed by atoms with Crippen molar-refractivity contribution >= 4 is 41.7 Å². The van der Waals surface area contributed by atoms with Gasteiger partial charge in [-0.2, -0.15) is 0 Å². The fraction of sp³-hybridized carbons (Fsp3) is 0.816. The molecule has 0 bridgehead atoms. The first-order valence-electron chi connectivity index (χ1n) is 19.4. The van der Waals surface area contributed by atoms with Gasteiger partial charge in [-0.1, -0.05) is 6.42 Å². The number of unbranched alkanes of at least 4 members (excludes halogenated alkanes) is 2. The second-order valence-corrected chi connectivity index (χ2v) is 17.1. The van der Waals surface area contributed by atoms with E-state index in [-0.39, 0.29) is 44.5 Å². The van der Waals surface area contributed by atoms with Crippen molar-refractivity contribution in [3.05, 3.63) is 0 Å². The molecule has 1 saturated heterocycles. The summed E-state index contributed by atoms with van der Waals surface area (Å²) < 4.78 is 16.8. The number of carbonyl (C=O) groups is 7. The summed E-state index contributed by atoms with van der Waals surface area (Å²) in [7, 11) is 0. The Bertz CT molecular complexity index is 1260. The van der Waals surface area contributed by atoms with Crippen molar-refractivity contribution in [2.45, 2.75) is 117 Å². The van der Waals surface area contributed by atoms with Crippen LogP contribution in [0.15, 0.2) is 0 Å². The molecule has 1 aliphatic rings. The maximum absolute atomic E-state index is 13.1. The summed E-state index contributed by atoms with van der Waals surface area (Å²) in [4.78, 5) is 93.8. The highest BCUT2D eigenvalue weighted by molar-refractivity contribution is 5.86. The van der Waals surface area contributed by atoms with Crippen LogP contribution in [-0.4, -0.2) is 179 Å². The molecule has 18 heteroatoms. The lowest BCUT2D eigenvalue weighted by atomic mass is 10.1. The zero-order valence-electron chi connectivity index (χ0n) is 35.1. The Labute approximate surface area is 331 Å². The minimum absolute atomic E-state index is 0.0108. The van der Waals surface area contributed by atoms with Crippen molar-refractivity contribution in [2.24, 2.45) is 0 Å². The number of nitrogens with zero attached hydrogens (tertiary/aromatic N) is 4. The minimum atomic E-state index is -1.50. The van der Waals surface area contributed by atoms with Crippen LogP contribution in [0.25, 0.3) is 0 Å². The molecule has 0 aromatic heterocycles. The van der Waals surface area contributed by atoms with E-state index in [4.69, 9.17) is 24.4 Å². The SMILES string of the molecule is CC(C)(C)OC(=O)CN1CCN(CC(=O)NCCCCCC(=O)N[C@@H](CC(=O)O)C(=O)O)CCN(CC(=O)OC(C)(C)C)CCN(CC(=O)OC(C)(C)C)CC1. The molecule has 18 nitrogen and oxygen atoms in total. The summed E-state index contributed by atoms with van der Waals surface area (Å²) in [5, 5.41) is 23.1. The van der Waals surface area contributed by atoms with Crippen LogP contribution in [0.5, 0.6) is 0 Å². The Morgan fingerprint density at radius 3 is 1.21 bits per heavy atom. The number of carbonyl (C=O) groups excluding carboxylic acids is 5. The number of hydrogen-bond acceptors (Lipinski definition) is 14. The zero-order valence-corrected chi connectivity index (χ0v) is 35.1. The number of carboxylic acid groups (broad SMARTS) is 2. The number of hydrogen-bond donors (Lipinski definition) is 4. The minimum Gasteiger partial charge on any atom is -0.481 e. The summed E-state index contributed by atoms with van der Waals surface area (Å²) in [6.45, 7) is 20.0. The van der Waals surface area contributed by atoms with E-state index < -0.39 is 59.1 Å². The van der Waals surface area contributed by atoms with Gasteiger partial charge in [0.2, 0.25) is 11.8 Å². The van der Waals surface area contributed by atoms with Crippen molar-refractivity contribution in [1.29, 1.82) is 0 Å². The molecule has 1 atom stereocenters. The van der Waals surface area contributed by atoms with E-state index in [0.717, 1.165) is 0 Å². The first-order chi connectivity index (χ1) is 25.8. The van der Waals surface area contributed by atoms with Crippen LogP contribution >= 0.6 is 0 Å². The molecule has 4 N–H and O–H groups in total. The second-order valence-electron chi connectivity index (χ2n) is 17.1. The number of nitrogens with one attached hydrogen (secondary N) is 2. The smallest absolute Gasteiger partial charge is 0.326 e. The third-order valence-corrected chi connectivity index (χ3v) is 8.03. The van der Waals surface area contributed by atoms with Crippen molar-refractivity contribution in [1.82, 2.24) is 30.2 Å². The van der Waals surface area contributed by atoms with Gasteiger partial charge >= 0.3 is 29.8 Å². The maximum atomic E-state index is 13.1. The van der Waals surface area contributed by atoms with Gasteiger partial charge in [-0.15, -0.1) is 0 Å². The molecule has 0 aliphatic carbocycles. The number of carboxylic acids is 2. The standard InChI is InChI=1S/C38H68N6O12/c1-36(2,3)54-32(49)25-42-17-15-41(24-30(46)39-14-12-10-11-13-29(45)40-28(35(52)53)23-31(47)48)16-18-43(26-33(50)55-37(4,5)6)20-22-44(21-19-42)27-34(51)56-38(7,8)9/h28H,10-27H2,1-9H3,(H,39,46)(H,40,45)(H,47,48)(H,52,53)/t28-/m0/s1. The van der Waals surface area contributed by atoms with Gasteiger partial charge in [0.05, 0.1) is 32.6 Å². The quantitative estimate of drug-likeness (QED) is 0.0861. The van der Waals surface area contributed by atoms with Gasteiger partial charge in [0.15, 0.2) is 0 Å². The highest BCUT2D eigenvalue weighted by Crippen LogP contribution is 2.11. The van der Waals surface area contributed by atoms with E-state index in [2.05, 4.69) is 10.6 Å². The number of aliphatic carboxylic acids is 2. The van der Waals surface area contributed by atoms with Crippen molar-refractivity contribution in [3.8, 4) is 0 Å². The van der Waals surface area contributed by atoms with Gasteiger partial charge in [-0.05, 0) is 75.2 Å². The van der Waals surface area contributed by atoms with Gasteiger partial charge < -0.3 is 35.1 Å². The molecule has 1 heterocycles. The van der Waals surface area contributed by atoms with Crippen LogP contribution in [0.4, 0.5) is 0 Å². The molecule has 1 fully saturated rings. The van der Waals surface area contributed by atoms with Crippen LogP contribution in [0, 0.1) is 0 Å². The number of esters is 3. The monoisotopic (exact) mass is 800 g/mol. The predicted octanol–water partition coefficient (Wildman–Crippen LogP) is 0.954. The molecule has 0 saturated carbocycles. The Morgan fingerprint density at radius 1 is 0.536 bits per heavy atom. The summed E-state index contributed by atoms with van der Waals surface area (Å²) in [6, 6.07) is -1.50. The van der Waals surface area contributed by atoms with Crippen LogP contribution in [0.1, 0.15) is 94.4 Å². The fourth-order valence-corrected chi connectivity index (χ4v) is 5.60. The summed E-state index contributed by atoms with van der Waals surface area (Å²) in [5.41, 5.74) is -2.01. The molecular weight excluding hydrogens is 732 g/mol. The third-order valence-electron chi connectivity index (χ3n) is 8.03. The van der Waals surface area contributed by atoms with E-state index in [1.807, 2.05) is 19.6 Å². The van der Waals surface area contributed by atoms with Gasteiger partial charge in [0.1, 0.15) is 22.8 Å². The largest absolute Gasteiger partial charge is 0.481 e. The lowest BCUT2D eigenvalue weighted by Crippen LogP contribution is -2.50. The van der Waals surface area contributed by atoms with Gasteiger partial charge in [-0.25, -0.2) is 4.79 Å². The van der Waals surface area contributed by atoms with E-state index in [1.165, 1.54) is 0 Å². The highest BCUT2D eigenvalue weighted by Gasteiger charge is 2.26. The molecule has 0 aromatic rings. The van der Waals surface area contributed by atoms with Gasteiger partial charge in [0, 0.05) is 65.3 Å². The Balaban J connectivity index is 3.01. The van der Waals surface area contributed by atoms with Crippen LogP contribution in [0.3, 0.4) is 0 Å². The summed E-state index contributed by atoms with van der Waals surface area (Å²) in [5.74, 6) is -4.71. The summed E-state index contributed by atoms with van der Waals surface area (Å²) >= 11 is 0. The average Bonchev–Trinajstić information content (AvgIpc) is 3.00. The maximum Gasteiger partial charge on any atom is 0.326 e. The van der Waals surface area contributed by atoms with Gasteiger partial charge in [0.25, 0.3) is 0 Å². The van der Waals surface area contributed by atoms with Gasteiger partial charge in [-0.3, -0.25) is 48.4 Å². The third kappa shape index (κ3) is 26.1. The van der Waals surface area contributed by atoms with E-state index in [0.29, 0.717) is 78.2 Å². The highest BCUT2D eigenvalue weighted by atomic mass is 16.6. The topological polar surface area (TPSA) is 225 Å². The Hall–Kier alpha value is -3.87. The first-order valence-corrected chi connectivity index (χ1v) is 19.4. The normalized spacial score (nSPS) is 16.7. The zero-order chi connectivity index (χ0) is 42.7. The Morgan fingerprint density at radius 2 is 0.893 bits per heavy atom. The van der Waals surface area contributed by atoms with Crippen molar-refractivity contribution in [2.75, 3.05) is 85.1 Å². The summed E-state index contributed by atoms with van der Waals surface area (Å²) in [6.07, 6.45) is 0.844. The molecule has 1 aliphatic heterocycles. The first kappa shape index (κ1) is 50.1. The lowest BCUT2D eigenvalue weighted by Gasteiger charge is -2.34. The van der Waals surface area contributed by atoms with Crippen LogP contribution in [0.2, 0.25) is 0 Å². The molecular formula is C38H68N6O12. The molecule has 2 amide bonds. The molecule has 56 heavy (non-hydrogen) atoms. The Kier molecular flexibility index (Phi) is 21.5. The average molecular weight is 801 g/mol. The molecule has 322 valence electrons. The number of amides is 2. The van der Waals surface area contributed by atoms with E-state index in [9.17, 15) is 33.6 Å². The number of ether oxygens (including phenoxy) is 3. The number of rotatable bonds is 18. The fourth-order valence-electron chi connectivity index (χ4n) is 5.60. The van der Waals surface area contributed by atoms with E-state index >= 15 is 0 Å². The molecule has 0 unspecified atom stereocenters. The van der Waals surface area contributed by atoms with Crippen molar-refractivity contribution in [3.63, 3.8) is 0 Å².